The summed E-state index contributed by atoms with van der Waals surface area (Å²) in [5.74, 6) is 0.967. The van der Waals surface area contributed by atoms with Crippen molar-refractivity contribution in [3.63, 3.8) is 0 Å². The number of hydrogen-bond acceptors (Lipinski definition) is 7. The van der Waals surface area contributed by atoms with E-state index in [4.69, 9.17) is 4.74 Å². The van der Waals surface area contributed by atoms with Crippen LogP contribution in [0.15, 0.2) is 24.3 Å². The van der Waals surface area contributed by atoms with Crippen molar-refractivity contribution in [1.82, 2.24) is 10.2 Å². The molecule has 1 N–H and O–H groups in total. The highest BCUT2D eigenvalue weighted by atomic mass is 32.2. The number of methoxy groups -OCH3 is 3. The Morgan fingerprint density at radius 2 is 1.89 bits per heavy atom. The van der Waals surface area contributed by atoms with Gasteiger partial charge in [0.25, 0.3) is 0 Å². The maximum Gasteiger partial charge on any atom is 0.329 e. The van der Waals surface area contributed by atoms with Crippen molar-refractivity contribution in [2.75, 3.05) is 39.4 Å². The summed E-state index contributed by atoms with van der Waals surface area (Å²) >= 11 is 1.75. The van der Waals surface area contributed by atoms with Gasteiger partial charge in [-0.3, -0.25) is 4.79 Å². The van der Waals surface area contributed by atoms with Crippen LogP contribution in [0, 0.1) is 0 Å². The molecule has 2 atom stereocenters. The van der Waals surface area contributed by atoms with E-state index in [0.717, 1.165) is 22.8 Å². The Bertz CT molecular complexity index is 666. The average molecular weight is 396 g/mol. The summed E-state index contributed by atoms with van der Waals surface area (Å²) in [4.78, 5) is 38.0. The molecule has 27 heavy (non-hydrogen) atoms. The van der Waals surface area contributed by atoms with E-state index >= 15 is 0 Å². The first kappa shape index (κ1) is 20.9. The second kappa shape index (κ2) is 10.1. The van der Waals surface area contributed by atoms with Crippen molar-refractivity contribution in [3.8, 4) is 5.75 Å². The fourth-order valence-electron chi connectivity index (χ4n) is 2.77. The zero-order chi connectivity index (χ0) is 19.8. The lowest BCUT2D eigenvalue weighted by Gasteiger charge is -2.36. The van der Waals surface area contributed by atoms with Crippen LogP contribution in [0.25, 0.3) is 0 Å². The maximum atomic E-state index is 12.8. The van der Waals surface area contributed by atoms with Crippen LogP contribution < -0.4 is 10.1 Å². The number of urea groups is 1. The van der Waals surface area contributed by atoms with Gasteiger partial charge >= 0.3 is 18.0 Å². The van der Waals surface area contributed by atoms with Gasteiger partial charge in [0.05, 0.1) is 33.8 Å². The zero-order valence-corrected chi connectivity index (χ0v) is 16.4. The quantitative estimate of drug-likeness (QED) is 0.730. The third-order valence-electron chi connectivity index (χ3n) is 4.27. The molecule has 148 valence electrons. The Balaban J connectivity index is 2.14. The highest BCUT2D eigenvalue weighted by Crippen LogP contribution is 2.30. The molecule has 0 saturated carbocycles. The molecule has 1 unspecified atom stereocenters. The molecule has 0 radical (unpaired) electrons. The van der Waals surface area contributed by atoms with E-state index in [-0.39, 0.29) is 12.5 Å². The van der Waals surface area contributed by atoms with Crippen LogP contribution in [0.4, 0.5) is 4.79 Å². The lowest BCUT2D eigenvalue weighted by molar-refractivity contribution is -0.149. The molecule has 1 heterocycles. The van der Waals surface area contributed by atoms with Gasteiger partial charge in [-0.2, -0.15) is 11.8 Å². The fourth-order valence-corrected chi connectivity index (χ4v) is 3.85. The molecule has 1 saturated heterocycles. The van der Waals surface area contributed by atoms with Crippen molar-refractivity contribution < 1.29 is 28.6 Å². The van der Waals surface area contributed by atoms with Gasteiger partial charge in [0, 0.05) is 18.1 Å². The van der Waals surface area contributed by atoms with Gasteiger partial charge in [-0.25, -0.2) is 9.59 Å². The van der Waals surface area contributed by atoms with E-state index in [2.05, 4.69) is 14.8 Å². The molecule has 1 aliphatic rings. The number of ether oxygens (including phenoxy) is 3. The summed E-state index contributed by atoms with van der Waals surface area (Å²) in [6.07, 6.45) is -0.287. The topological polar surface area (TPSA) is 94.2 Å². The van der Waals surface area contributed by atoms with Gasteiger partial charge in [0.15, 0.2) is 0 Å². The van der Waals surface area contributed by atoms with Crippen molar-refractivity contribution in [2.45, 2.75) is 18.5 Å². The van der Waals surface area contributed by atoms with Crippen LogP contribution in [-0.4, -0.2) is 68.3 Å². The van der Waals surface area contributed by atoms with Crippen molar-refractivity contribution in [1.29, 1.82) is 0 Å². The Morgan fingerprint density at radius 1 is 1.19 bits per heavy atom. The molecule has 2 amide bonds. The zero-order valence-electron chi connectivity index (χ0n) is 15.6. The maximum absolute atomic E-state index is 12.8. The molecular formula is C18H24N2O6S. The Morgan fingerprint density at radius 3 is 2.48 bits per heavy atom. The van der Waals surface area contributed by atoms with Gasteiger partial charge in [-0.15, -0.1) is 0 Å². The fraction of sp³-hybridized carbons (Fsp3) is 0.500. The Labute approximate surface area is 162 Å². The number of benzene rings is 1. The minimum atomic E-state index is -1.10. The highest BCUT2D eigenvalue weighted by molar-refractivity contribution is 7.99. The first-order chi connectivity index (χ1) is 13.0. The Hall–Kier alpha value is -2.42. The molecule has 9 heteroatoms. The second-order valence-electron chi connectivity index (χ2n) is 5.86. The van der Waals surface area contributed by atoms with Crippen molar-refractivity contribution in [2.24, 2.45) is 0 Å². The summed E-state index contributed by atoms with van der Waals surface area (Å²) in [6, 6.07) is 5.87. The lowest BCUT2D eigenvalue weighted by atomic mass is 10.1. The minimum absolute atomic E-state index is 0.147. The number of esters is 2. The largest absolute Gasteiger partial charge is 0.497 e. The molecule has 1 aliphatic heterocycles. The van der Waals surface area contributed by atoms with E-state index in [1.54, 1.807) is 23.8 Å². The van der Waals surface area contributed by atoms with Gasteiger partial charge in [0.1, 0.15) is 11.8 Å². The third kappa shape index (κ3) is 5.53. The number of rotatable bonds is 6. The number of carbonyl (C=O) groups excluding carboxylic acids is 3. The smallest absolute Gasteiger partial charge is 0.329 e. The van der Waals surface area contributed by atoms with Crippen LogP contribution in [0.2, 0.25) is 0 Å². The summed E-state index contributed by atoms with van der Waals surface area (Å²) in [7, 11) is 4.02. The number of carbonyl (C=O) groups is 3. The minimum Gasteiger partial charge on any atom is -0.497 e. The van der Waals surface area contributed by atoms with E-state index < -0.39 is 24.0 Å². The summed E-state index contributed by atoms with van der Waals surface area (Å²) in [5, 5.41) is 2.60. The number of hydrogen-bond donors (Lipinski definition) is 1. The summed E-state index contributed by atoms with van der Waals surface area (Å²) in [6.45, 7) is 0.527. The molecule has 8 nitrogen and oxygen atoms in total. The first-order valence-electron chi connectivity index (χ1n) is 8.43. The lowest BCUT2D eigenvalue weighted by Crippen LogP contribution is -2.52. The highest BCUT2D eigenvalue weighted by Gasteiger charge is 2.32. The molecule has 1 aromatic rings. The normalized spacial score (nSPS) is 17.6. The van der Waals surface area contributed by atoms with Crippen molar-refractivity contribution >= 4 is 29.7 Å². The predicted molar refractivity (Wildman–Crippen MR) is 101 cm³/mol. The van der Waals surface area contributed by atoms with Crippen LogP contribution in [-0.2, 0) is 19.1 Å². The van der Waals surface area contributed by atoms with Gasteiger partial charge < -0.3 is 24.4 Å². The second-order valence-corrected chi connectivity index (χ2v) is 7.01. The molecular weight excluding hydrogens is 372 g/mol. The molecule has 2 rings (SSSR count). The van der Waals surface area contributed by atoms with Crippen LogP contribution in [0.5, 0.6) is 5.75 Å². The Kier molecular flexibility index (Phi) is 7.78. The SMILES string of the molecule is COC(=O)C[C@H](NC(=O)N1CCSCC1c1ccc(OC)cc1)C(=O)OC. The molecule has 1 fully saturated rings. The monoisotopic (exact) mass is 396 g/mol. The van der Waals surface area contributed by atoms with Crippen LogP contribution >= 0.6 is 11.8 Å². The molecule has 0 aromatic heterocycles. The summed E-state index contributed by atoms with van der Waals surface area (Å²) < 4.78 is 14.4. The van der Waals surface area contributed by atoms with Gasteiger partial charge in [-0.05, 0) is 17.7 Å². The number of nitrogens with one attached hydrogen (secondary N) is 1. The molecule has 0 spiro atoms. The first-order valence-corrected chi connectivity index (χ1v) is 9.59. The number of nitrogens with zero attached hydrogens (tertiary/aromatic N) is 1. The number of amides is 2. The molecule has 0 bridgehead atoms. The third-order valence-corrected chi connectivity index (χ3v) is 5.29. The predicted octanol–water partition coefficient (Wildman–Crippen LogP) is 1.60. The average Bonchev–Trinajstić information content (AvgIpc) is 2.72. The molecule has 0 aliphatic carbocycles. The standard InChI is InChI=1S/C18H24N2O6S/c1-24-13-6-4-12(5-7-13)15-11-27-9-8-20(15)18(23)19-14(17(22)26-3)10-16(21)25-2/h4-7,14-15H,8-11H2,1-3H3,(H,19,23)/t14-,15?/m0/s1. The van der Waals surface area contributed by atoms with Crippen molar-refractivity contribution in [3.05, 3.63) is 29.8 Å². The van der Waals surface area contributed by atoms with E-state index in [9.17, 15) is 14.4 Å². The van der Waals surface area contributed by atoms with Gasteiger partial charge in [0.2, 0.25) is 0 Å². The van der Waals surface area contributed by atoms with E-state index in [1.807, 2.05) is 24.3 Å². The van der Waals surface area contributed by atoms with E-state index in [0.29, 0.717) is 6.54 Å². The number of thioether (sulfide) groups is 1. The van der Waals surface area contributed by atoms with Gasteiger partial charge in [-0.1, -0.05) is 12.1 Å². The summed E-state index contributed by atoms with van der Waals surface area (Å²) in [5.41, 5.74) is 0.973. The van der Waals surface area contributed by atoms with Crippen LogP contribution in [0.1, 0.15) is 18.0 Å². The van der Waals surface area contributed by atoms with E-state index in [1.165, 1.54) is 14.2 Å². The van der Waals surface area contributed by atoms with Crippen LogP contribution in [0.3, 0.4) is 0 Å². The molecule has 1 aromatic carbocycles.